The molecule has 2 N–H and O–H groups in total. The van der Waals surface area contributed by atoms with Crippen LogP contribution in [0.25, 0.3) is 0 Å². The van der Waals surface area contributed by atoms with Crippen molar-refractivity contribution in [2.45, 2.75) is 6.04 Å². The Bertz CT molecular complexity index is 582. The second-order valence-corrected chi connectivity index (χ2v) is 5.15. The summed E-state index contributed by atoms with van der Waals surface area (Å²) in [4.78, 5) is 12.2. The lowest BCUT2D eigenvalue weighted by molar-refractivity contribution is 0.0916. The first kappa shape index (κ1) is 14.9. The maximum atomic E-state index is 12.2. The van der Waals surface area contributed by atoms with Gasteiger partial charge in [-0.15, -0.1) is 0 Å². The molecular formula is C15H13Cl2NO2. The van der Waals surface area contributed by atoms with Gasteiger partial charge in [0.2, 0.25) is 0 Å². The van der Waals surface area contributed by atoms with Crippen LogP contribution in [-0.4, -0.2) is 17.6 Å². The van der Waals surface area contributed by atoms with Crippen LogP contribution < -0.4 is 5.32 Å². The highest BCUT2D eigenvalue weighted by Crippen LogP contribution is 2.20. The average Bonchev–Trinajstić information content (AvgIpc) is 2.44. The lowest BCUT2D eigenvalue weighted by atomic mass is 10.1. The van der Waals surface area contributed by atoms with Crippen LogP contribution in [0.3, 0.4) is 0 Å². The number of halogens is 2. The molecule has 0 saturated heterocycles. The van der Waals surface area contributed by atoms with E-state index in [4.69, 9.17) is 23.2 Å². The molecule has 2 aromatic rings. The lowest BCUT2D eigenvalue weighted by Gasteiger charge is -2.17. The molecule has 0 aliphatic rings. The van der Waals surface area contributed by atoms with Crippen molar-refractivity contribution in [2.24, 2.45) is 0 Å². The van der Waals surface area contributed by atoms with Crippen molar-refractivity contribution >= 4 is 29.1 Å². The zero-order valence-corrected chi connectivity index (χ0v) is 12.0. The number of benzene rings is 2. The third-order valence-electron chi connectivity index (χ3n) is 2.81. The van der Waals surface area contributed by atoms with Gasteiger partial charge in [-0.2, -0.15) is 0 Å². The Hall–Kier alpha value is -1.55. The van der Waals surface area contributed by atoms with Crippen LogP contribution in [0.5, 0.6) is 0 Å². The molecule has 5 heteroatoms. The van der Waals surface area contributed by atoms with Gasteiger partial charge in [0.05, 0.1) is 12.6 Å². The Kier molecular flexibility index (Phi) is 5.01. The van der Waals surface area contributed by atoms with Crippen molar-refractivity contribution in [1.82, 2.24) is 5.32 Å². The number of carbonyl (C=O) groups excluding carboxylic acids is 1. The summed E-state index contributed by atoms with van der Waals surface area (Å²) >= 11 is 11.7. The van der Waals surface area contributed by atoms with Gasteiger partial charge in [-0.05, 0) is 23.8 Å². The summed E-state index contributed by atoms with van der Waals surface area (Å²) < 4.78 is 0. The molecule has 0 spiro atoms. The average molecular weight is 310 g/mol. The van der Waals surface area contributed by atoms with Gasteiger partial charge in [-0.3, -0.25) is 4.79 Å². The highest BCUT2D eigenvalue weighted by Gasteiger charge is 2.15. The molecule has 0 aliphatic carbocycles. The second-order valence-electron chi connectivity index (χ2n) is 4.28. The predicted octanol–water partition coefficient (Wildman–Crippen LogP) is 3.46. The Balaban J connectivity index is 2.17. The summed E-state index contributed by atoms with van der Waals surface area (Å²) in [6.07, 6.45) is 0. The maximum Gasteiger partial charge on any atom is 0.251 e. The van der Waals surface area contributed by atoms with Crippen LogP contribution in [0, 0.1) is 0 Å². The molecule has 0 fully saturated rings. The molecule has 2 rings (SSSR count). The number of nitrogens with one attached hydrogen (secondary N) is 1. The summed E-state index contributed by atoms with van der Waals surface area (Å²) in [6.45, 7) is -0.190. The van der Waals surface area contributed by atoms with Crippen LogP contribution >= 0.6 is 23.2 Å². The fraction of sp³-hybridized carbons (Fsp3) is 0.133. The van der Waals surface area contributed by atoms with E-state index >= 15 is 0 Å². The molecule has 1 atom stereocenters. The van der Waals surface area contributed by atoms with Crippen LogP contribution in [0.4, 0.5) is 0 Å². The fourth-order valence-electron chi connectivity index (χ4n) is 1.85. The molecule has 0 radical (unpaired) electrons. The lowest BCUT2D eigenvalue weighted by Crippen LogP contribution is -2.30. The van der Waals surface area contributed by atoms with E-state index in [0.717, 1.165) is 5.56 Å². The van der Waals surface area contributed by atoms with Crippen LogP contribution in [-0.2, 0) is 0 Å². The molecule has 3 nitrogen and oxygen atoms in total. The Morgan fingerprint density at radius 1 is 1.10 bits per heavy atom. The number of carbonyl (C=O) groups is 1. The van der Waals surface area contributed by atoms with E-state index in [-0.39, 0.29) is 12.5 Å². The van der Waals surface area contributed by atoms with Crippen molar-refractivity contribution in [3.8, 4) is 0 Å². The van der Waals surface area contributed by atoms with E-state index in [9.17, 15) is 9.90 Å². The molecule has 1 amide bonds. The monoisotopic (exact) mass is 309 g/mol. The first-order valence-electron chi connectivity index (χ1n) is 6.03. The predicted molar refractivity (Wildman–Crippen MR) is 80.2 cm³/mol. The van der Waals surface area contributed by atoms with Crippen LogP contribution in [0.1, 0.15) is 22.0 Å². The molecule has 0 saturated carbocycles. The molecule has 0 unspecified atom stereocenters. The van der Waals surface area contributed by atoms with E-state index in [1.54, 1.807) is 6.07 Å². The highest BCUT2D eigenvalue weighted by atomic mass is 35.5. The van der Waals surface area contributed by atoms with Crippen LogP contribution in [0.2, 0.25) is 10.0 Å². The number of rotatable bonds is 4. The smallest absolute Gasteiger partial charge is 0.251 e. The number of aliphatic hydroxyl groups excluding tert-OH is 1. The van der Waals surface area contributed by atoms with Crippen molar-refractivity contribution in [3.63, 3.8) is 0 Å². The summed E-state index contributed by atoms with van der Waals surface area (Å²) in [6, 6.07) is 13.4. The van der Waals surface area contributed by atoms with Gasteiger partial charge in [0, 0.05) is 15.6 Å². The molecule has 20 heavy (non-hydrogen) atoms. The minimum Gasteiger partial charge on any atom is -0.394 e. The standard InChI is InChI=1S/C15H13Cl2NO2/c16-12-6-11(7-13(17)8-12)15(20)18-14(9-19)10-4-2-1-3-5-10/h1-8,14,19H,9H2,(H,18,20)/t14-/m0/s1. The van der Waals surface area contributed by atoms with Crippen molar-refractivity contribution in [2.75, 3.05) is 6.61 Å². The van der Waals surface area contributed by atoms with Crippen molar-refractivity contribution in [1.29, 1.82) is 0 Å². The normalized spacial score (nSPS) is 11.9. The van der Waals surface area contributed by atoms with E-state index in [2.05, 4.69) is 5.32 Å². The Labute approximate surface area is 127 Å². The molecule has 0 aromatic heterocycles. The fourth-order valence-corrected chi connectivity index (χ4v) is 2.37. The third-order valence-corrected chi connectivity index (χ3v) is 3.25. The SMILES string of the molecule is O=C(N[C@@H](CO)c1ccccc1)c1cc(Cl)cc(Cl)c1. The molecule has 0 bridgehead atoms. The number of amides is 1. The van der Waals surface area contributed by atoms with Gasteiger partial charge in [-0.25, -0.2) is 0 Å². The van der Waals surface area contributed by atoms with Gasteiger partial charge < -0.3 is 10.4 Å². The minimum absolute atomic E-state index is 0.190. The van der Waals surface area contributed by atoms with Gasteiger partial charge in [-0.1, -0.05) is 53.5 Å². The Morgan fingerprint density at radius 3 is 2.25 bits per heavy atom. The van der Waals surface area contributed by atoms with Gasteiger partial charge >= 0.3 is 0 Å². The summed E-state index contributed by atoms with van der Waals surface area (Å²) in [5, 5.41) is 12.9. The maximum absolute atomic E-state index is 12.2. The van der Waals surface area contributed by atoms with E-state index in [1.165, 1.54) is 12.1 Å². The molecule has 0 heterocycles. The Morgan fingerprint density at radius 2 is 1.70 bits per heavy atom. The summed E-state index contributed by atoms with van der Waals surface area (Å²) in [5.41, 5.74) is 1.19. The number of hydrogen-bond donors (Lipinski definition) is 2. The first-order valence-corrected chi connectivity index (χ1v) is 6.78. The van der Waals surface area contributed by atoms with Gasteiger partial charge in [0.15, 0.2) is 0 Å². The van der Waals surface area contributed by atoms with Gasteiger partial charge in [0.25, 0.3) is 5.91 Å². The summed E-state index contributed by atoms with van der Waals surface area (Å²) in [5.74, 6) is -0.336. The first-order chi connectivity index (χ1) is 9.60. The van der Waals surface area contributed by atoms with E-state index in [1.807, 2.05) is 30.3 Å². The minimum atomic E-state index is -0.471. The molecule has 0 aliphatic heterocycles. The van der Waals surface area contributed by atoms with E-state index < -0.39 is 6.04 Å². The van der Waals surface area contributed by atoms with Crippen LogP contribution in [0.15, 0.2) is 48.5 Å². The zero-order valence-electron chi connectivity index (χ0n) is 10.5. The quantitative estimate of drug-likeness (QED) is 0.908. The zero-order chi connectivity index (χ0) is 14.5. The molecular weight excluding hydrogens is 297 g/mol. The topological polar surface area (TPSA) is 49.3 Å². The largest absolute Gasteiger partial charge is 0.394 e. The van der Waals surface area contributed by atoms with E-state index in [0.29, 0.717) is 15.6 Å². The third kappa shape index (κ3) is 3.73. The number of hydrogen-bond acceptors (Lipinski definition) is 2. The second kappa shape index (κ2) is 6.75. The van der Waals surface area contributed by atoms with Crippen molar-refractivity contribution < 1.29 is 9.90 Å². The highest BCUT2D eigenvalue weighted by molar-refractivity contribution is 6.35. The summed E-state index contributed by atoms with van der Waals surface area (Å²) in [7, 11) is 0. The van der Waals surface area contributed by atoms with Crippen molar-refractivity contribution in [3.05, 3.63) is 69.7 Å². The molecule has 104 valence electrons. The number of aliphatic hydroxyl groups is 1. The van der Waals surface area contributed by atoms with Gasteiger partial charge in [0.1, 0.15) is 0 Å². The molecule has 2 aromatic carbocycles.